The van der Waals surface area contributed by atoms with Gasteiger partial charge in [-0.3, -0.25) is 0 Å². The number of aromatic amines is 1. The number of rotatable bonds is 2. The smallest absolute Gasteiger partial charge is 0.229 e. The van der Waals surface area contributed by atoms with Crippen LogP contribution < -0.4 is 4.74 Å². The predicted octanol–water partition coefficient (Wildman–Crippen LogP) is 1.79. The first-order chi connectivity index (χ1) is 10.4. The summed E-state index contributed by atoms with van der Waals surface area (Å²) in [5.74, 6) is 0.390. The van der Waals surface area contributed by atoms with Gasteiger partial charge in [-0.15, -0.1) is 0 Å². The summed E-state index contributed by atoms with van der Waals surface area (Å²) in [5.41, 5.74) is 0.766. The lowest BCUT2D eigenvalue weighted by Gasteiger charge is -2.38. The highest BCUT2D eigenvalue weighted by Gasteiger charge is 2.43. The molecule has 1 aliphatic rings. The first-order valence-corrected chi connectivity index (χ1v) is 7.88. The zero-order valence-electron chi connectivity index (χ0n) is 11.5. The fourth-order valence-electron chi connectivity index (χ4n) is 2.46. The van der Waals surface area contributed by atoms with E-state index in [1.165, 1.54) is 0 Å². The molecule has 0 bridgehead atoms. The van der Waals surface area contributed by atoms with Crippen LogP contribution in [0, 0.1) is 0 Å². The molecule has 1 saturated heterocycles. The first kappa shape index (κ1) is 16.0. The summed E-state index contributed by atoms with van der Waals surface area (Å²) in [5, 5.41) is 30.6. The molecule has 1 aromatic carbocycles. The Balaban J connectivity index is 1.92. The molecule has 1 aliphatic heterocycles. The van der Waals surface area contributed by atoms with E-state index in [-0.39, 0.29) is 0 Å². The summed E-state index contributed by atoms with van der Waals surface area (Å²) < 4.78 is 11.8. The lowest BCUT2D eigenvalue weighted by Crippen LogP contribution is -2.58. The number of aliphatic hydroxyl groups is 3. The number of fused-ring (bicyclic) bond motifs is 1. The van der Waals surface area contributed by atoms with Crippen LogP contribution in [0.4, 0.5) is 0 Å². The van der Waals surface area contributed by atoms with Gasteiger partial charge in [0, 0.05) is 10.7 Å². The number of aromatic nitrogens is 1. The molecule has 8 heteroatoms. The number of hydrogen-bond donors (Lipinski definition) is 4. The van der Waals surface area contributed by atoms with Gasteiger partial charge in [0.15, 0.2) is 0 Å². The van der Waals surface area contributed by atoms with Gasteiger partial charge in [-0.1, -0.05) is 11.6 Å². The molecule has 0 spiro atoms. The summed E-state index contributed by atoms with van der Waals surface area (Å²) in [6.07, 6.45) is -4.07. The van der Waals surface area contributed by atoms with Crippen molar-refractivity contribution >= 4 is 38.4 Å². The zero-order chi connectivity index (χ0) is 16.0. The molecule has 0 radical (unpaired) electrons. The van der Waals surface area contributed by atoms with Gasteiger partial charge >= 0.3 is 0 Å². The van der Waals surface area contributed by atoms with Gasteiger partial charge in [0.25, 0.3) is 0 Å². The van der Waals surface area contributed by atoms with Crippen LogP contribution in [0.25, 0.3) is 10.9 Å². The molecule has 120 valence electrons. The van der Waals surface area contributed by atoms with Crippen LogP contribution in [0.1, 0.15) is 6.92 Å². The molecule has 3 rings (SSSR count). The van der Waals surface area contributed by atoms with Crippen molar-refractivity contribution in [2.75, 3.05) is 0 Å². The van der Waals surface area contributed by atoms with Gasteiger partial charge < -0.3 is 29.8 Å². The van der Waals surface area contributed by atoms with Crippen molar-refractivity contribution in [2.45, 2.75) is 37.6 Å². The highest BCUT2D eigenvalue weighted by Crippen LogP contribution is 2.38. The number of nitrogens with one attached hydrogen (secondary N) is 1. The molecule has 22 heavy (non-hydrogen) atoms. The Labute approximate surface area is 139 Å². The van der Waals surface area contributed by atoms with Gasteiger partial charge in [0.2, 0.25) is 6.29 Å². The molecule has 2 aromatic rings. The summed E-state index contributed by atoms with van der Waals surface area (Å²) in [6.45, 7) is 1.59. The maximum Gasteiger partial charge on any atom is 0.229 e. The molecule has 0 amide bonds. The van der Waals surface area contributed by atoms with Crippen LogP contribution in [0.15, 0.2) is 22.8 Å². The Kier molecular flexibility index (Phi) is 4.37. The minimum atomic E-state index is -1.37. The van der Waals surface area contributed by atoms with Crippen molar-refractivity contribution in [2.24, 2.45) is 0 Å². The van der Waals surface area contributed by atoms with Gasteiger partial charge in [-0.25, -0.2) is 0 Å². The minimum Gasteiger partial charge on any atom is -0.460 e. The average molecular weight is 393 g/mol. The van der Waals surface area contributed by atoms with E-state index in [1.807, 2.05) is 6.07 Å². The Hall–Kier alpha value is -0.830. The summed E-state index contributed by atoms with van der Waals surface area (Å²) in [6, 6.07) is 3.64. The maximum atomic E-state index is 10.0. The van der Waals surface area contributed by atoms with E-state index in [4.69, 9.17) is 21.1 Å². The highest BCUT2D eigenvalue weighted by atomic mass is 79.9. The molecular formula is C14H15BrClNO5. The van der Waals surface area contributed by atoms with Gasteiger partial charge in [0.1, 0.15) is 24.1 Å². The zero-order valence-corrected chi connectivity index (χ0v) is 13.9. The minimum absolute atomic E-state index is 0.390. The van der Waals surface area contributed by atoms with Crippen LogP contribution >= 0.6 is 27.5 Å². The molecule has 0 saturated carbocycles. The molecule has 5 atom stereocenters. The van der Waals surface area contributed by atoms with Gasteiger partial charge in [-0.05, 0) is 35.0 Å². The molecule has 6 nitrogen and oxygen atoms in total. The second-order valence-electron chi connectivity index (χ2n) is 5.24. The van der Waals surface area contributed by atoms with Gasteiger partial charge in [0.05, 0.1) is 22.0 Å². The highest BCUT2D eigenvalue weighted by molar-refractivity contribution is 9.10. The molecule has 2 heterocycles. The third-order valence-electron chi connectivity index (χ3n) is 3.75. The summed E-state index contributed by atoms with van der Waals surface area (Å²) in [7, 11) is 0. The SMILES string of the molecule is CC1OC(Oc2c[nH]c3ccc(Br)c(Cl)c23)C(O)C(O)C1O. The largest absolute Gasteiger partial charge is 0.460 e. The maximum absolute atomic E-state index is 10.0. The van der Waals surface area contributed by atoms with Crippen molar-refractivity contribution < 1.29 is 24.8 Å². The number of halogens is 2. The number of H-pyrrole nitrogens is 1. The molecule has 4 N–H and O–H groups in total. The van der Waals surface area contributed by atoms with E-state index in [0.29, 0.717) is 20.6 Å². The fourth-order valence-corrected chi connectivity index (χ4v) is 3.04. The Morgan fingerprint density at radius 3 is 2.68 bits per heavy atom. The number of aliphatic hydroxyl groups excluding tert-OH is 3. The fraction of sp³-hybridized carbons (Fsp3) is 0.429. The molecule has 5 unspecified atom stereocenters. The molecule has 1 fully saturated rings. The van der Waals surface area contributed by atoms with Crippen LogP contribution in [0.5, 0.6) is 5.75 Å². The monoisotopic (exact) mass is 391 g/mol. The topological polar surface area (TPSA) is 94.9 Å². The third-order valence-corrected chi connectivity index (χ3v) is 5.03. The lowest BCUT2D eigenvalue weighted by molar-refractivity contribution is -0.267. The number of hydrogen-bond acceptors (Lipinski definition) is 5. The predicted molar refractivity (Wildman–Crippen MR) is 84.0 cm³/mol. The van der Waals surface area contributed by atoms with E-state index in [1.54, 1.807) is 19.2 Å². The van der Waals surface area contributed by atoms with E-state index >= 15 is 0 Å². The second-order valence-corrected chi connectivity index (χ2v) is 6.47. The van der Waals surface area contributed by atoms with Crippen molar-refractivity contribution in [1.82, 2.24) is 4.98 Å². The summed E-state index contributed by atoms with van der Waals surface area (Å²) >= 11 is 9.61. The quantitative estimate of drug-likeness (QED) is 0.625. The Bertz CT molecular complexity index is 693. The molecule has 1 aromatic heterocycles. The van der Waals surface area contributed by atoms with Crippen molar-refractivity contribution in [3.05, 3.63) is 27.8 Å². The number of ether oxygens (including phenoxy) is 2. The van der Waals surface area contributed by atoms with Crippen LogP contribution in [-0.4, -0.2) is 51.0 Å². The number of benzene rings is 1. The van der Waals surface area contributed by atoms with Crippen LogP contribution in [0.3, 0.4) is 0 Å². The first-order valence-electron chi connectivity index (χ1n) is 6.71. The van der Waals surface area contributed by atoms with E-state index in [0.717, 1.165) is 5.52 Å². The van der Waals surface area contributed by atoms with Crippen molar-refractivity contribution in [1.29, 1.82) is 0 Å². The Morgan fingerprint density at radius 1 is 1.23 bits per heavy atom. The Morgan fingerprint density at radius 2 is 1.95 bits per heavy atom. The second kappa shape index (κ2) is 5.99. The van der Waals surface area contributed by atoms with E-state index in [9.17, 15) is 15.3 Å². The molecular weight excluding hydrogens is 378 g/mol. The van der Waals surface area contributed by atoms with Crippen LogP contribution in [-0.2, 0) is 4.74 Å². The van der Waals surface area contributed by atoms with Gasteiger partial charge in [-0.2, -0.15) is 0 Å². The molecule has 0 aliphatic carbocycles. The third kappa shape index (κ3) is 2.62. The van der Waals surface area contributed by atoms with E-state index < -0.39 is 30.7 Å². The van der Waals surface area contributed by atoms with Crippen molar-refractivity contribution in [3.63, 3.8) is 0 Å². The van der Waals surface area contributed by atoms with E-state index in [2.05, 4.69) is 20.9 Å². The average Bonchev–Trinajstić information content (AvgIpc) is 2.90. The van der Waals surface area contributed by atoms with Crippen molar-refractivity contribution in [3.8, 4) is 5.75 Å². The lowest BCUT2D eigenvalue weighted by atomic mass is 10.00. The standard InChI is InChI=1S/C14H15BrClNO5/c1-5-11(18)12(19)13(20)14(21-5)22-8-4-17-7-3-2-6(15)10(16)9(7)8/h2-5,11-14,17-20H,1H3. The summed E-state index contributed by atoms with van der Waals surface area (Å²) in [4.78, 5) is 3.01. The van der Waals surface area contributed by atoms with Crippen LogP contribution in [0.2, 0.25) is 5.02 Å². The normalized spacial score (nSPS) is 32.4.